The van der Waals surface area contributed by atoms with Crippen molar-refractivity contribution in [2.75, 3.05) is 19.8 Å². The van der Waals surface area contributed by atoms with Gasteiger partial charge in [0.05, 0.1) is 13.2 Å². The van der Waals surface area contributed by atoms with Crippen LogP contribution < -0.4 is 14.8 Å². The Morgan fingerprint density at radius 3 is 2.94 bits per heavy atom. The van der Waals surface area contributed by atoms with Gasteiger partial charge in [-0.1, -0.05) is 11.6 Å². The molecular formula is C14H18ClNO2. The van der Waals surface area contributed by atoms with E-state index in [1.165, 1.54) is 12.8 Å². The summed E-state index contributed by atoms with van der Waals surface area (Å²) in [7, 11) is 0. The summed E-state index contributed by atoms with van der Waals surface area (Å²) in [4.78, 5) is 0. The Bertz CT molecular complexity index is 430. The van der Waals surface area contributed by atoms with E-state index in [2.05, 4.69) is 5.32 Å². The highest BCUT2D eigenvalue weighted by molar-refractivity contribution is 6.31. The van der Waals surface area contributed by atoms with Crippen LogP contribution in [0.2, 0.25) is 5.02 Å². The average Bonchev–Trinajstić information content (AvgIpc) is 2.76. The highest BCUT2D eigenvalue weighted by Crippen LogP contribution is 2.38. The molecule has 0 radical (unpaired) electrons. The average molecular weight is 268 g/mol. The normalized spacial score (nSPS) is 22.8. The van der Waals surface area contributed by atoms with Crippen LogP contribution in [-0.2, 0) is 6.42 Å². The first-order valence-electron chi connectivity index (χ1n) is 6.65. The summed E-state index contributed by atoms with van der Waals surface area (Å²) in [5.74, 6) is 1.69. The van der Waals surface area contributed by atoms with E-state index in [1.807, 2.05) is 12.1 Å². The molecule has 0 saturated carbocycles. The first-order chi connectivity index (χ1) is 8.84. The van der Waals surface area contributed by atoms with E-state index in [1.54, 1.807) is 0 Å². The first kappa shape index (κ1) is 12.1. The van der Waals surface area contributed by atoms with E-state index in [4.69, 9.17) is 21.1 Å². The Morgan fingerprint density at radius 2 is 2.11 bits per heavy atom. The van der Waals surface area contributed by atoms with Gasteiger partial charge in [0.2, 0.25) is 0 Å². The van der Waals surface area contributed by atoms with Crippen molar-refractivity contribution >= 4 is 11.6 Å². The summed E-state index contributed by atoms with van der Waals surface area (Å²) in [6, 6.07) is 4.34. The maximum atomic E-state index is 6.33. The van der Waals surface area contributed by atoms with Gasteiger partial charge in [-0.25, -0.2) is 0 Å². The summed E-state index contributed by atoms with van der Waals surface area (Å²) in [6.07, 6.45) is 4.30. The largest absolute Gasteiger partial charge is 0.490 e. The number of rotatable bonds is 2. The van der Waals surface area contributed by atoms with E-state index in [0.717, 1.165) is 48.1 Å². The van der Waals surface area contributed by atoms with Crippen LogP contribution in [-0.4, -0.2) is 25.8 Å². The Morgan fingerprint density at radius 1 is 1.22 bits per heavy atom. The van der Waals surface area contributed by atoms with Gasteiger partial charge in [-0.05, 0) is 37.9 Å². The Kier molecular flexibility index (Phi) is 3.62. The van der Waals surface area contributed by atoms with Crippen LogP contribution in [0, 0.1) is 0 Å². The zero-order valence-corrected chi connectivity index (χ0v) is 11.1. The second kappa shape index (κ2) is 5.37. The molecule has 1 saturated heterocycles. The van der Waals surface area contributed by atoms with Gasteiger partial charge in [-0.3, -0.25) is 0 Å². The second-order valence-electron chi connectivity index (χ2n) is 4.90. The van der Waals surface area contributed by atoms with Gasteiger partial charge in [-0.15, -0.1) is 0 Å². The van der Waals surface area contributed by atoms with Crippen molar-refractivity contribution in [3.05, 3.63) is 22.7 Å². The Hall–Kier alpha value is -0.930. The molecule has 0 aromatic heterocycles. The Balaban J connectivity index is 1.90. The highest BCUT2D eigenvalue weighted by Gasteiger charge is 2.22. The zero-order valence-electron chi connectivity index (χ0n) is 10.4. The van der Waals surface area contributed by atoms with Crippen molar-refractivity contribution in [1.29, 1.82) is 0 Å². The second-order valence-corrected chi connectivity index (χ2v) is 5.31. The molecule has 0 spiro atoms. The maximum Gasteiger partial charge on any atom is 0.165 e. The molecule has 3 rings (SSSR count). The van der Waals surface area contributed by atoms with Crippen molar-refractivity contribution in [2.24, 2.45) is 0 Å². The quantitative estimate of drug-likeness (QED) is 0.894. The lowest BCUT2D eigenvalue weighted by atomic mass is 10.0. The summed E-state index contributed by atoms with van der Waals surface area (Å²) in [5, 5.41) is 4.28. The number of ether oxygens (including phenoxy) is 2. The fraction of sp³-hybridized carbons (Fsp3) is 0.571. The van der Waals surface area contributed by atoms with Crippen molar-refractivity contribution in [3.8, 4) is 11.5 Å². The van der Waals surface area contributed by atoms with E-state index in [-0.39, 0.29) is 0 Å². The summed E-state index contributed by atoms with van der Waals surface area (Å²) in [5.41, 5.74) is 1.09. The van der Waals surface area contributed by atoms with Crippen molar-refractivity contribution in [1.82, 2.24) is 5.32 Å². The minimum absolute atomic E-state index is 0.515. The fourth-order valence-corrected chi connectivity index (χ4v) is 2.86. The molecule has 2 heterocycles. The first-order valence-corrected chi connectivity index (χ1v) is 7.03. The molecule has 98 valence electrons. The van der Waals surface area contributed by atoms with Gasteiger partial charge in [0.1, 0.15) is 0 Å². The summed E-state index contributed by atoms with van der Waals surface area (Å²) >= 11 is 6.33. The minimum Gasteiger partial charge on any atom is -0.490 e. The molecule has 4 heteroatoms. The molecule has 0 bridgehead atoms. The van der Waals surface area contributed by atoms with Crippen molar-refractivity contribution in [2.45, 2.75) is 31.7 Å². The standard InChI is InChI=1S/C14H18ClNO2/c15-12-4-5-13-14(18-8-2-7-17-13)11(12)9-10-3-1-6-16-10/h4-5,10,16H,1-3,6-9H2. The number of fused-ring (bicyclic) bond motifs is 1. The lowest BCUT2D eigenvalue weighted by Gasteiger charge is -2.17. The number of nitrogens with one attached hydrogen (secondary N) is 1. The molecule has 1 fully saturated rings. The van der Waals surface area contributed by atoms with Crippen LogP contribution >= 0.6 is 11.6 Å². The lowest BCUT2D eigenvalue weighted by Crippen LogP contribution is -2.24. The maximum absolute atomic E-state index is 6.33. The van der Waals surface area contributed by atoms with Gasteiger partial charge in [0.25, 0.3) is 0 Å². The fourth-order valence-electron chi connectivity index (χ4n) is 2.64. The van der Waals surface area contributed by atoms with Gasteiger partial charge in [0.15, 0.2) is 11.5 Å². The number of hydrogen-bond donors (Lipinski definition) is 1. The van der Waals surface area contributed by atoms with E-state index >= 15 is 0 Å². The minimum atomic E-state index is 0.515. The molecule has 0 amide bonds. The van der Waals surface area contributed by atoms with Crippen LogP contribution in [0.5, 0.6) is 11.5 Å². The topological polar surface area (TPSA) is 30.5 Å². The van der Waals surface area contributed by atoms with Gasteiger partial charge in [0, 0.05) is 23.0 Å². The van der Waals surface area contributed by atoms with E-state index < -0.39 is 0 Å². The third kappa shape index (κ3) is 2.43. The number of benzene rings is 1. The highest BCUT2D eigenvalue weighted by atomic mass is 35.5. The SMILES string of the molecule is Clc1ccc2c(c1CC1CCCN1)OCCCO2. The number of hydrogen-bond acceptors (Lipinski definition) is 3. The monoisotopic (exact) mass is 267 g/mol. The summed E-state index contributed by atoms with van der Waals surface area (Å²) < 4.78 is 11.5. The molecular weight excluding hydrogens is 250 g/mol. The van der Waals surface area contributed by atoms with Gasteiger partial charge >= 0.3 is 0 Å². The predicted molar refractivity (Wildman–Crippen MR) is 71.8 cm³/mol. The van der Waals surface area contributed by atoms with Crippen LogP contribution in [0.3, 0.4) is 0 Å². The molecule has 1 unspecified atom stereocenters. The van der Waals surface area contributed by atoms with Crippen LogP contribution in [0.25, 0.3) is 0 Å². The molecule has 18 heavy (non-hydrogen) atoms. The molecule has 1 N–H and O–H groups in total. The van der Waals surface area contributed by atoms with Crippen LogP contribution in [0.4, 0.5) is 0 Å². The van der Waals surface area contributed by atoms with Gasteiger partial charge < -0.3 is 14.8 Å². The molecule has 0 aliphatic carbocycles. The zero-order chi connectivity index (χ0) is 12.4. The smallest absolute Gasteiger partial charge is 0.165 e. The van der Waals surface area contributed by atoms with Gasteiger partial charge in [-0.2, -0.15) is 0 Å². The summed E-state index contributed by atoms with van der Waals surface area (Å²) in [6.45, 7) is 2.53. The third-order valence-corrected chi connectivity index (χ3v) is 3.93. The lowest BCUT2D eigenvalue weighted by molar-refractivity contribution is 0.296. The predicted octanol–water partition coefficient (Wildman–Crippen LogP) is 2.80. The molecule has 2 aliphatic rings. The molecule has 3 nitrogen and oxygen atoms in total. The number of halogens is 1. The third-order valence-electron chi connectivity index (χ3n) is 3.57. The molecule has 1 atom stereocenters. The molecule has 1 aromatic rings. The van der Waals surface area contributed by atoms with E-state index in [9.17, 15) is 0 Å². The molecule has 1 aromatic carbocycles. The van der Waals surface area contributed by atoms with Crippen LogP contribution in [0.15, 0.2) is 12.1 Å². The van der Waals surface area contributed by atoms with Crippen LogP contribution in [0.1, 0.15) is 24.8 Å². The molecule has 2 aliphatic heterocycles. The van der Waals surface area contributed by atoms with E-state index in [0.29, 0.717) is 12.6 Å². The Labute approximate surface area is 112 Å². The van der Waals surface area contributed by atoms with Crippen molar-refractivity contribution in [3.63, 3.8) is 0 Å². The van der Waals surface area contributed by atoms with Crippen molar-refractivity contribution < 1.29 is 9.47 Å².